The summed E-state index contributed by atoms with van der Waals surface area (Å²) in [7, 11) is 1.81. The van der Waals surface area contributed by atoms with E-state index in [1.807, 2.05) is 0 Å². The Morgan fingerprint density at radius 2 is 1.94 bits per heavy atom. The molecule has 1 heterocycles. The molecule has 1 N–H and O–H groups in total. The van der Waals surface area contributed by atoms with E-state index in [0.29, 0.717) is 11.5 Å². The van der Waals surface area contributed by atoms with E-state index in [2.05, 4.69) is 31.0 Å². The molecule has 1 rings (SSSR count). The number of likely N-dealkylation sites (tertiary alicyclic amines) is 1. The first-order chi connectivity index (χ1) is 8.09. The minimum Gasteiger partial charge on any atom is -0.383 e. The van der Waals surface area contributed by atoms with Gasteiger partial charge >= 0.3 is 0 Å². The van der Waals surface area contributed by atoms with Crippen molar-refractivity contribution in [1.82, 2.24) is 10.2 Å². The minimum atomic E-state index is 0.533. The molecule has 0 saturated carbocycles. The fourth-order valence-corrected chi connectivity index (χ4v) is 2.43. The van der Waals surface area contributed by atoms with Gasteiger partial charge in [0.25, 0.3) is 0 Å². The monoisotopic (exact) mass is 242 g/mol. The van der Waals surface area contributed by atoms with Crippen LogP contribution in [0.3, 0.4) is 0 Å². The molecular weight excluding hydrogens is 212 g/mol. The zero-order valence-electron chi connectivity index (χ0n) is 12.1. The molecule has 0 aliphatic carbocycles. The number of hydrogen-bond acceptors (Lipinski definition) is 3. The number of ether oxygens (including phenoxy) is 1. The second-order valence-corrected chi connectivity index (χ2v) is 6.01. The molecule has 0 spiro atoms. The minimum absolute atomic E-state index is 0.533. The van der Waals surface area contributed by atoms with Crippen molar-refractivity contribution in [2.24, 2.45) is 5.41 Å². The summed E-state index contributed by atoms with van der Waals surface area (Å²) in [6, 6.07) is 0.544. The van der Waals surface area contributed by atoms with Crippen LogP contribution in [0.4, 0.5) is 0 Å². The number of methoxy groups -OCH3 is 1. The summed E-state index contributed by atoms with van der Waals surface area (Å²) >= 11 is 0. The van der Waals surface area contributed by atoms with Gasteiger partial charge in [-0.15, -0.1) is 0 Å². The zero-order valence-corrected chi connectivity index (χ0v) is 12.1. The Morgan fingerprint density at radius 1 is 1.29 bits per heavy atom. The maximum Gasteiger partial charge on any atom is 0.0630 e. The molecule has 0 amide bonds. The predicted octanol–water partition coefficient (Wildman–Crippen LogP) is 2.12. The van der Waals surface area contributed by atoms with Crippen molar-refractivity contribution in [3.63, 3.8) is 0 Å². The van der Waals surface area contributed by atoms with Crippen molar-refractivity contribution in [2.75, 3.05) is 39.9 Å². The smallest absolute Gasteiger partial charge is 0.0630 e. The van der Waals surface area contributed by atoms with Crippen LogP contribution in [0, 0.1) is 5.41 Å². The van der Waals surface area contributed by atoms with Crippen molar-refractivity contribution < 1.29 is 4.74 Å². The van der Waals surface area contributed by atoms with Gasteiger partial charge in [0.15, 0.2) is 0 Å². The lowest BCUT2D eigenvalue weighted by Gasteiger charge is -2.41. The molecule has 102 valence electrons. The highest BCUT2D eigenvalue weighted by Crippen LogP contribution is 2.30. The number of hydrogen-bond donors (Lipinski definition) is 1. The molecule has 3 heteroatoms. The molecule has 0 aromatic rings. The van der Waals surface area contributed by atoms with Crippen molar-refractivity contribution in [3.05, 3.63) is 0 Å². The maximum absolute atomic E-state index is 5.36. The molecule has 1 unspecified atom stereocenters. The van der Waals surface area contributed by atoms with E-state index in [4.69, 9.17) is 4.74 Å². The van der Waals surface area contributed by atoms with E-state index in [1.165, 1.54) is 32.4 Å². The van der Waals surface area contributed by atoms with Gasteiger partial charge in [-0.05, 0) is 44.3 Å². The first-order valence-corrected chi connectivity index (χ1v) is 7.03. The summed E-state index contributed by atoms with van der Waals surface area (Å²) in [6.07, 6.45) is 3.81. The Balaban J connectivity index is 2.36. The highest BCUT2D eigenvalue weighted by atomic mass is 16.5. The van der Waals surface area contributed by atoms with Gasteiger partial charge < -0.3 is 10.1 Å². The molecule has 1 aliphatic heterocycles. The molecule has 1 atom stereocenters. The molecule has 0 bridgehead atoms. The summed E-state index contributed by atoms with van der Waals surface area (Å²) in [5.74, 6) is 0. The van der Waals surface area contributed by atoms with Gasteiger partial charge in [0.05, 0.1) is 6.61 Å². The SMILES string of the molecule is CCCNCC(COC)N1CCC(C)(C)CC1. The average Bonchev–Trinajstić information content (AvgIpc) is 2.28. The second kappa shape index (κ2) is 7.34. The Labute approximate surface area is 107 Å². The van der Waals surface area contributed by atoms with Gasteiger partial charge in [-0.1, -0.05) is 20.8 Å². The largest absolute Gasteiger partial charge is 0.383 e. The zero-order chi connectivity index (χ0) is 12.7. The van der Waals surface area contributed by atoms with Gasteiger partial charge in [-0.3, -0.25) is 4.90 Å². The molecule has 0 aromatic carbocycles. The average molecular weight is 242 g/mol. The topological polar surface area (TPSA) is 24.5 Å². The number of rotatable bonds is 7. The fraction of sp³-hybridized carbons (Fsp3) is 1.00. The van der Waals surface area contributed by atoms with Crippen LogP contribution in [0.25, 0.3) is 0 Å². The summed E-state index contributed by atoms with van der Waals surface area (Å²) in [4.78, 5) is 2.59. The van der Waals surface area contributed by atoms with Crippen LogP contribution in [0.1, 0.15) is 40.0 Å². The third-order valence-corrected chi connectivity index (χ3v) is 3.83. The lowest BCUT2D eigenvalue weighted by molar-refractivity contribution is 0.0469. The van der Waals surface area contributed by atoms with Gasteiger partial charge in [-0.2, -0.15) is 0 Å². The van der Waals surface area contributed by atoms with Crippen molar-refractivity contribution >= 4 is 0 Å². The standard InChI is InChI=1S/C14H30N2O/c1-5-8-15-11-13(12-17-4)16-9-6-14(2,3)7-10-16/h13,15H,5-12H2,1-4H3. The summed E-state index contributed by atoms with van der Waals surface area (Å²) in [5, 5.41) is 3.52. The molecule has 1 saturated heterocycles. The number of nitrogens with zero attached hydrogens (tertiary/aromatic N) is 1. The molecule has 17 heavy (non-hydrogen) atoms. The van der Waals surface area contributed by atoms with Gasteiger partial charge in [0.2, 0.25) is 0 Å². The van der Waals surface area contributed by atoms with E-state index in [9.17, 15) is 0 Å². The number of nitrogens with one attached hydrogen (secondary N) is 1. The van der Waals surface area contributed by atoms with E-state index >= 15 is 0 Å². The maximum atomic E-state index is 5.36. The third kappa shape index (κ3) is 5.36. The van der Waals surface area contributed by atoms with E-state index in [0.717, 1.165) is 19.7 Å². The van der Waals surface area contributed by atoms with E-state index in [1.54, 1.807) is 7.11 Å². The van der Waals surface area contributed by atoms with Crippen molar-refractivity contribution in [3.8, 4) is 0 Å². The normalized spacial score (nSPS) is 22.6. The highest BCUT2D eigenvalue weighted by Gasteiger charge is 2.28. The molecule has 1 fully saturated rings. The van der Waals surface area contributed by atoms with Crippen molar-refractivity contribution in [2.45, 2.75) is 46.1 Å². The van der Waals surface area contributed by atoms with Crippen LogP contribution in [-0.4, -0.2) is 50.8 Å². The summed E-state index contributed by atoms with van der Waals surface area (Å²) in [5.41, 5.74) is 0.533. The third-order valence-electron chi connectivity index (χ3n) is 3.83. The van der Waals surface area contributed by atoms with Gasteiger partial charge in [-0.25, -0.2) is 0 Å². The molecule has 0 aromatic heterocycles. The Morgan fingerprint density at radius 3 is 2.47 bits per heavy atom. The van der Waals surface area contributed by atoms with Crippen LogP contribution in [0.5, 0.6) is 0 Å². The number of piperidine rings is 1. The van der Waals surface area contributed by atoms with Crippen LogP contribution in [0.2, 0.25) is 0 Å². The van der Waals surface area contributed by atoms with Crippen LogP contribution in [0.15, 0.2) is 0 Å². The summed E-state index contributed by atoms with van der Waals surface area (Å²) < 4.78 is 5.36. The fourth-order valence-electron chi connectivity index (χ4n) is 2.43. The van der Waals surface area contributed by atoms with Crippen LogP contribution < -0.4 is 5.32 Å². The highest BCUT2D eigenvalue weighted by molar-refractivity contribution is 4.83. The first-order valence-electron chi connectivity index (χ1n) is 7.03. The van der Waals surface area contributed by atoms with Crippen LogP contribution in [-0.2, 0) is 4.74 Å². The van der Waals surface area contributed by atoms with Gasteiger partial charge in [0.1, 0.15) is 0 Å². The molecular formula is C14H30N2O. The quantitative estimate of drug-likeness (QED) is 0.692. The Hall–Kier alpha value is -0.120. The predicted molar refractivity (Wildman–Crippen MR) is 73.4 cm³/mol. The molecule has 0 radical (unpaired) electrons. The lowest BCUT2D eigenvalue weighted by atomic mass is 9.82. The second-order valence-electron chi connectivity index (χ2n) is 6.01. The first kappa shape index (κ1) is 14.9. The lowest BCUT2D eigenvalue weighted by Crippen LogP contribution is -2.49. The van der Waals surface area contributed by atoms with E-state index < -0.39 is 0 Å². The van der Waals surface area contributed by atoms with E-state index in [-0.39, 0.29) is 0 Å². The molecule has 1 aliphatic rings. The Bertz CT molecular complexity index is 196. The summed E-state index contributed by atoms with van der Waals surface area (Å²) in [6.45, 7) is 12.4. The van der Waals surface area contributed by atoms with Crippen LogP contribution >= 0.6 is 0 Å². The Kier molecular flexibility index (Phi) is 6.45. The molecule has 3 nitrogen and oxygen atoms in total. The van der Waals surface area contributed by atoms with Crippen molar-refractivity contribution in [1.29, 1.82) is 0 Å². The van der Waals surface area contributed by atoms with Gasteiger partial charge in [0, 0.05) is 19.7 Å².